The van der Waals surface area contributed by atoms with Crippen LogP contribution in [0.1, 0.15) is 26.3 Å². The molecule has 0 aliphatic carbocycles. The topological polar surface area (TPSA) is 35.6 Å². The lowest BCUT2D eigenvalue weighted by Crippen LogP contribution is -2.51. The van der Waals surface area contributed by atoms with Crippen LogP contribution < -0.4 is 10.2 Å². The van der Waals surface area contributed by atoms with E-state index in [4.69, 9.17) is 0 Å². The quantitative estimate of drug-likeness (QED) is 0.925. The van der Waals surface area contributed by atoms with E-state index in [1.165, 1.54) is 11.3 Å². The van der Waals surface area contributed by atoms with Gasteiger partial charge in [0.1, 0.15) is 0 Å². The van der Waals surface area contributed by atoms with Crippen molar-refractivity contribution in [2.75, 3.05) is 37.6 Å². The summed E-state index contributed by atoms with van der Waals surface area (Å²) in [7, 11) is 0. The second-order valence-electron chi connectivity index (χ2n) is 6.90. The molecule has 4 nitrogen and oxygen atoms in total. The predicted molar refractivity (Wildman–Crippen MR) is 87.7 cm³/mol. The molecular formula is C17H27N3O. The number of amides is 1. The highest BCUT2D eigenvalue weighted by molar-refractivity contribution is 5.78. The van der Waals surface area contributed by atoms with Crippen molar-refractivity contribution in [2.24, 2.45) is 0 Å². The summed E-state index contributed by atoms with van der Waals surface area (Å²) in [6, 6.07) is 8.61. The number of carbonyl (C=O) groups is 1. The molecule has 0 saturated carbocycles. The van der Waals surface area contributed by atoms with Crippen molar-refractivity contribution in [3.63, 3.8) is 0 Å². The molecule has 21 heavy (non-hydrogen) atoms. The van der Waals surface area contributed by atoms with Gasteiger partial charge in [-0.05, 0) is 45.4 Å². The number of nitrogens with one attached hydrogen (secondary N) is 1. The normalized spacial score (nSPS) is 16.9. The summed E-state index contributed by atoms with van der Waals surface area (Å²) in [6.45, 7) is 12.5. The van der Waals surface area contributed by atoms with E-state index >= 15 is 0 Å². The number of hydrogen-bond donors (Lipinski definition) is 1. The Kier molecular flexibility index (Phi) is 4.88. The fourth-order valence-electron chi connectivity index (χ4n) is 2.65. The fraction of sp³-hybridized carbons (Fsp3) is 0.588. The Morgan fingerprint density at radius 3 is 2.43 bits per heavy atom. The Balaban J connectivity index is 1.82. The first-order chi connectivity index (χ1) is 9.83. The molecule has 116 valence electrons. The van der Waals surface area contributed by atoms with E-state index in [1.807, 2.05) is 20.8 Å². The van der Waals surface area contributed by atoms with E-state index in [0.717, 1.165) is 26.2 Å². The third kappa shape index (κ3) is 5.05. The largest absolute Gasteiger partial charge is 0.369 e. The van der Waals surface area contributed by atoms with Crippen LogP contribution in [0.3, 0.4) is 0 Å². The average Bonchev–Trinajstić information content (AvgIpc) is 2.37. The Labute approximate surface area is 128 Å². The van der Waals surface area contributed by atoms with Gasteiger partial charge < -0.3 is 10.2 Å². The maximum absolute atomic E-state index is 12.0. The molecule has 4 heteroatoms. The van der Waals surface area contributed by atoms with Crippen LogP contribution in [0.15, 0.2) is 24.3 Å². The minimum atomic E-state index is -0.152. The molecule has 0 aromatic heterocycles. The smallest absolute Gasteiger partial charge is 0.234 e. The van der Waals surface area contributed by atoms with Gasteiger partial charge >= 0.3 is 0 Å². The predicted octanol–water partition coefficient (Wildman–Crippen LogP) is 2.03. The second-order valence-corrected chi connectivity index (χ2v) is 6.90. The third-order valence-corrected chi connectivity index (χ3v) is 3.62. The Morgan fingerprint density at radius 1 is 1.19 bits per heavy atom. The first-order valence-electron chi connectivity index (χ1n) is 7.68. The van der Waals surface area contributed by atoms with Crippen LogP contribution in [0, 0.1) is 6.92 Å². The van der Waals surface area contributed by atoms with Crippen molar-refractivity contribution in [1.29, 1.82) is 0 Å². The number of aryl methyl sites for hydroxylation is 1. The summed E-state index contributed by atoms with van der Waals surface area (Å²) in [5.74, 6) is 0.117. The lowest BCUT2D eigenvalue weighted by molar-refractivity contribution is -0.123. The number of hydrogen-bond acceptors (Lipinski definition) is 3. The van der Waals surface area contributed by atoms with E-state index in [0.29, 0.717) is 6.54 Å². The van der Waals surface area contributed by atoms with Gasteiger partial charge in [-0.25, -0.2) is 0 Å². The van der Waals surface area contributed by atoms with Gasteiger partial charge in [-0.3, -0.25) is 9.69 Å². The van der Waals surface area contributed by atoms with Gasteiger partial charge in [0.25, 0.3) is 0 Å². The van der Waals surface area contributed by atoms with Gasteiger partial charge in [0, 0.05) is 37.4 Å². The first-order valence-corrected chi connectivity index (χ1v) is 7.68. The summed E-state index contributed by atoms with van der Waals surface area (Å²) < 4.78 is 0. The third-order valence-electron chi connectivity index (χ3n) is 3.62. The number of anilines is 1. The van der Waals surface area contributed by atoms with E-state index < -0.39 is 0 Å². The lowest BCUT2D eigenvalue weighted by Gasteiger charge is -2.36. The van der Waals surface area contributed by atoms with Crippen LogP contribution in [-0.4, -0.2) is 49.1 Å². The molecule has 0 atom stereocenters. The number of piperazine rings is 1. The van der Waals surface area contributed by atoms with Crippen molar-refractivity contribution in [3.8, 4) is 0 Å². The van der Waals surface area contributed by atoms with Crippen LogP contribution in [0.2, 0.25) is 0 Å². The molecule has 1 amide bonds. The summed E-state index contributed by atoms with van der Waals surface area (Å²) in [4.78, 5) is 16.6. The van der Waals surface area contributed by atoms with Gasteiger partial charge in [0.2, 0.25) is 5.91 Å². The monoisotopic (exact) mass is 289 g/mol. The molecule has 0 bridgehead atoms. The van der Waals surface area contributed by atoms with Crippen molar-refractivity contribution in [1.82, 2.24) is 10.2 Å². The van der Waals surface area contributed by atoms with Gasteiger partial charge in [-0.15, -0.1) is 0 Å². The molecule has 2 rings (SSSR count). The SMILES string of the molecule is Cc1cccc(N2CCN(CC(=O)NC(C)(C)C)CC2)c1. The molecule has 1 aliphatic heterocycles. The van der Waals surface area contributed by atoms with Crippen molar-refractivity contribution < 1.29 is 4.79 Å². The average molecular weight is 289 g/mol. The van der Waals surface area contributed by atoms with E-state index in [2.05, 4.69) is 46.3 Å². The number of benzene rings is 1. The highest BCUT2D eigenvalue weighted by Crippen LogP contribution is 2.17. The van der Waals surface area contributed by atoms with E-state index in [1.54, 1.807) is 0 Å². The van der Waals surface area contributed by atoms with Crippen LogP contribution in [0.4, 0.5) is 5.69 Å². The fourth-order valence-corrected chi connectivity index (χ4v) is 2.65. The highest BCUT2D eigenvalue weighted by Gasteiger charge is 2.21. The first kappa shape index (κ1) is 15.8. The molecule has 1 N–H and O–H groups in total. The van der Waals surface area contributed by atoms with Gasteiger partial charge in [-0.1, -0.05) is 12.1 Å². The second kappa shape index (κ2) is 6.48. The highest BCUT2D eigenvalue weighted by atomic mass is 16.2. The van der Waals surface area contributed by atoms with Crippen molar-refractivity contribution >= 4 is 11.6 Å². The molecule has 0 unspecified atom stereocenters. The number of nitrogens with zero attached hydrogens (tertiary/aromatic N) is 2. The Morgan fingerprint density at radius 2 is 1.86 bits per heavy atom. The van der Waals surface area contributed by atoms with E-state index in [-0.39, 0.29) is 11.4 Å². The van der Waals surface area contributed by atoms with Gasteiger partial charge in [0.15, 0.2) is 0 Å². The van der Waals surface area contributed by atoms with Crippen LogP contribution in [-0.2, 0) is 4.79 Å². The van der Waals surface area contributed by atoms with Crippen LogP contribution in [0.25, 0.3) is 0 Å². The Bertz CT molecular complexity index is 485. The van der Waals surface area contributed by atoms with Crippen LogP contribution >= 0.6 is 0 Å². The minimum absolute atomic E-state index is 0.117. The number of carbonyl (C=O) groups excluding carboxylic acids is 1. The zero-order valence-electron chi connectivity index (χ0n) is 13.6. The minimum Gasteiger partial charge on any atom is -0.369 e. The summed E-state index contributed by atoms with van der Waals surface area (Å²) in [5, 5.41) is 3.02. The standard InChI is InChI=1S/C17H27N3O/c1-14-6-5-7-15(12-14)20-10-8-19(9-11-20)13-16(21)18-17(2,3)4/h5-7,12H,8-11,13H2,1-4H3,(H,18,21). The zero-order valence-corrected chi connectivity index (χ0v) is 13.6. The maximum atomic E-state index is 12.0. The van der Waals surface area contributed by atoms with Gasteiger partial charge in [-0.2, -0.15) is 0 Å². The molecule has 1 heterocycles. The zero-order chi connectivity index (χ0) is 15.5. The summed E-state index contributed by atoms with van der Waals surface area (Å²) in [6.07, 6.45) is 0. The number of rotatable bonds is 3. The molecule has 1 aromatic carbocycles. The van der Waals surface area contributed by atoms with Gasteiger partial charge in [0.05, 0.1) is 6.54 Å². The molecule has 1 fully saturated rings. The Hall–Kier alpha value is -1.55. The summed E-state index contributed by atoms with van der Waals surface area (Å²) >= 11 is 0. The van der Waals surface area contributed by atoms with E-state index in [9.17, 15) is 4.79 Å². The molecule has 1 aromatic rings. The van der Waals surface area contributed by atoms with Crippen LogP contribution in [0.5, 0.6) is 0 Å². The molecule has 0 radical (unpaired) electrons. The maximum Gasteiger partial charge on any atom is 0.234 e. The van der Waals surface area contributed by atoms with Crippen molar-refractivity contribution in [2.45, 2.75) is 33.2 Å². The molecule has 1 aliphatic rings. The lowest BCUT2D eigenvalue weighted by atomic mass is 10.1. The summed E-state index contributed by atoms with van der Waals surface area (Å²) in [5.41, 5.74) is 2.42. The molecular weight excluding hydrogens is 262 g/mol. The van der Waals surface area contributed by atoms with Crippen molar-refractivity contribution in [3.05, 3.63) is 29.8 Å². The molecule has 1 saturated heterocycles. The molecule has 0 spiro atoms.